The summed E-state index contributed by atoms with van der Waals surface area (Å²) < 4.78 is 0. The Balaban J connectivity index is 2.03. The van der Waals surface area contributed by atoms with E-state index in [0.717, 1.165) is 25.7 Å². The molecule has 0 saturated carbocycles. The van der Waals surface area contributed by atoms with Crippen LogP contribution in [0.1, 0.15) is 57.1 Å². The molecule has 0 bridgehead atoms. The van der Waals surface area contributed by atoms with Crippen LogP contribution >= 0.6 is 0 Å². The predicted molar refractivity (Wildman–Crippen MR) is 71.2 cm³/mol. The Labute approximate surface area is 104 Å². The van der Waals surface area contributed by atoms with Crippen molar-refractivity contribution in [2.24, 2.45) is 5.41 Å². The normalized spacial score (nSPS) is 19.1. The number of hydrogen-bond donors (Lipinski definition) is 0. The van der Waals surface area contributed by atoms with Crippen molar-refractivity contribution in [3.63, 3.8) is 0 Å². The maximum atomic E-state index is 12.3. The minimum Gasteiger partial charge on any atom is -0.299 e. The van der Waals surface area contributed by atoms with Gasteiger partial charge in [0, 0.05) is 12.3 Å². The lowest BCUT2D eigenvalue weighted by molar-refractivity contribution is -0.121. The number of aryl methyl sites for hydroxylation is 1. The van der Waals surface area contributed by atoms with Gasteiger partial charge >= 0.3 is 0 Å². The smallest absolute Gasteiger partial charge is 0.140 e. The summed E-state index contributed by atoms with van der Waals surface area (Å²) in [6.07, 6.45) is 3.80. The Morgan fingerprint density at radius 2 is 2.00 bits per heavy atom. The van der Waals surface area contributed by atoms with E-state index in [0.29, 0.717) is 5.78 Å². The predicted octanol–water partition coefficient (Wildman–Crippen LogP) is 4.11. The van der Waals surface area contributed by atoms with Gasteiger partial charge < -0.3 is 0 Å². The zero-order valence-corrected chi connectivity index (χ0v) is 11.1. The van der Waals surface area contributed by atoms with E-state index in [1.165, 1.54) is 11.1 Å². The van der Waals surface area contributed by atoms with Crippen LogP contribution in [0.5, 0.6) is 0 Å². The molecule has 0 amide bonds. The fraction of sp³-hybridized carbons (Fsp3) is 0.562. The SMILES string of the molecule is CC(C)(C)CCC(=O)C1CCc2ccccc21. The minimum absolute atomic E-state index is 0.175. The van der Waals surface area contributed by atoms with Gasteiger partial charge in [0.2, 0.25) is 0 Å². The maximum absolute atomic E-state index is 12.3. The highest BCUT2D eigenvalue weighted by Gasteiger charge is 2.28. The zero-order valence-electron chi connectivity index (χ0n) is 11.1. The molecule has 1 aromatic carbocycles. The molecule has 0 N–H and O–H groups in total. The van der Waals surface area contributed by atoms with Gasteiger partial charge in [0.25, 0.3) is 0 Å². The third-order valence-electron chi connectivity index (χ3n) is 3.64. The molecular formula is C16H22O. The van der Waals surface area contributed by atoms with E-state index in [9.17, 15) is 4.79 Å². The third-order valence-corrected chi connectivity index (χ3v) is 3.64. The van der Waals surface area contributed by atoms with Crippen molar-refractivity contribution in [1.29, 1.82) is 0 Å². The number of fused-ring (bicyclic) bond motifs is 1. The molecule has 1 aliphatic rings. The fourth-order valence-electron chi connectivity index (χ4n) is 2.56. The molecular weight excluding hydrogens is 208 g/mol. The van der Waals surface area contributed by atoms with Crippen LogP contribution in [0.3, 0.4) is 0 Å². The zero-order chi connectivity index (χ0) is 12.5. The molecule has 0 saturated heterocycles. The summed E-state index contributed by atoms with van der Waals surface area (Å²) in [5.74, 6) is 0.610. The summed E-state index contributed by atoms with van der Waals surface area (Å²) in [7, 11) is 0. The lowest BCUT2D eigenvalue weighted by Crippen LogP contribution is -2.14. The molecule has 2 rings (SSSR count). The van der Waals surface area contributed by atoms with Crippen molar-refractivity contribution in [3.05, 3.63) is 35.4 Å². The summed E-state index contributed by atoms with van der Waals surface area (Å²) in [5.41, 5.74) is 2.92. The van der Waals surface area contributed by atoms with Crippen LogP contribution in [0.2, 0.25) is 0 Å². The molecule has 1 unspecified atom stereocenters. The molecule has 0 radical (unpaired) electrons. The molecule has 1 aromatic rings. The first-order chi connectivity index (χ1) is 7.97. The molecule has 1 heteroatoms. The van der Waals surface area contributed by atoms with Gasteiger partial charge in [-0.2, -0.15) is 0 Å². The molecule has 17 heavy (non-hydrogen) atoms. The van der Waals surface area contributed by atoms with E-state index in [1.54, 1.807) is 0 Å². The van der Waals surface area contributed by atoms with E-state index in [2.05, 4.69) is 39.0 Å². The lowest BCUT2D eigenvalue weighted by Gasteiger charge is -2.19. The van der Waals surface area contributed by atoms with Crippen molar-refractivity contribution in [2.75, 3.05) is 0 Å². The minimum atomic E-state index is 0.175. The molecule has 0 spiro atoms. The summed E-state index contributed by atoms with van der Waals surface area (Å²) in [5, 5.41) is 0. The van der Waals surface area contributed by atoms with Crippen LogP contribution in [-0.2, 0) is 11.2 Å². The number of carbonyl (C=O) groups excluding carboxylic acids is 1. The average Bonchev–Trinajstić information content (AvgIpc) is 2.68. The number of Topliss-reactive ketones (excluding diaryl/α,β-unsaturated/α-hetero) is 1. The molecule has 1 nitrogen and oxygen atoms in total. The van der Waals surface area contributed by atoms with Crippen LogP contribution < -0.4 is 0 Å². The summed E-state index contributed by atoms with van der Waals surface area (Å²) in [4.78, 5) is 12.3. The number of hydrogen-bond acceptors (Lipinski definition) is 1. The largest absolute Gasteiger partial charge is 0.299 e. The summed E-state index contributed by atoms with van der Waals surface area (Å²) >= 11 is 0. The maximum Gasteiger partial charge on any atom is 0.140 e. The highest BCUT2D eigenvalue weighted by Crippen LogP contribution is 2.35. The van der Waals surface area contributed by atoms with E-state index in [4.69, 9.17) is 0 Å². The van der Waals surface area contributed by atoms with Gasteiger partial charge in [-0.25, -0.2) is 0 Å². The van der Waals surface area contributed by atoms with E-state index in [1.807, 2.05) is 6.07 Å². The molecule has 1 atom stereocenters. The number of ketones is 1. The van der Waals surface area contributed by atoms with Crippen molar-refractivity contribution in [2.45, 2.75) is 52.4 Å². The van der Waals surface area contributed by atoms with Gasteiger partial charge in [-0.05, 0) is 35.8 Å². The monoisotopic (exact) mass is 230 g/mol. The van der Waals surface area contributed by atoms with Crippen LogP contribution in [0.25, 0.3) is 0 Å². The second-order valence-corrected chi connectivity index (χ2v) is 6.32. The second kappa shape index (κ2) is 4.64. The van der Waals surface area contributed by atoms with E-state index < -0.39 is 0 Å². The second-order valence-electron chi connectivity index (χ2n) is 6.32. The highest BCUT2D eigenvalue weighted by atomic mass is 16.1. The first kappa shape index (κ1) is 12.3. The Morgan fingerprint density at radius 3 is 2.71 bits per heavy atom. The quantitative estimate of drug-likeness (QED) is 0.763. The lowest BCUT2D eigenvalue weighted by atomic mass is 9.86. The average molecular weight is 230 g/mol. The summed E-state index contributed by atoms with van der Waals surface area (Å²) in [6, 6.07) is 8.41. The molecule has 92 valence electrons. The molecule has 1 aliphatic carbocycles. The van der Waals surface area contributed by atoms with Gasteiger partial charge in [-0.15, -0.1) is 0 Å². The Hall–Kier alpha value is -1.11. The number of benzene rings is 1. The van der Waals surface area contributed by atoms with Crippen LogP contribution in [-0.4, -0.2) is 5.78 Å². The van der Waals surface area contributed by atoms with E-state index in [-0.39, 0.29) is 11.3 Å². The Kier molecular flexibility index (Phi) is 3.37. The van der Waals surface area contributed by atoms with Gasteiger partial charge in [-0.1, -0.05) is 45.0 Å². The molecule has 0 aliphatic heterocycles. The Morgan fingerprint density at radius 1 is 1.29 bits per heavy atom. The third kappa shape index (κ3) is 2.96. The number of rotatable bonds is 3. The van der Waals surface area contributed by atoms with Crippen molar-refractivity contribution in [3.8, 4) is 0 Å². The van der Waals surface area contributed by atoms with Crippen LogP contribution in [0.4, 0.5) is 0 Å². The topological polar surface area (TPSA) is 17.1 Å². The van der Waals surface area contributed by atoms with Gasteiger partial charge in [0.05, 0.1) is 0 Å². The highest BCUT2D eigenvalue weighted by molar-refractivity contribution is 5.86. The van der Waals surface area contributed by atoms with Gasteiger partial charge in [0.1, 0.15) is 5.78 Å². The number of carbonyl (C=O) groups is 1. The van der Waals surface area contributed by atoms with Crippen molar-refractivity contribution < 1.29 is 4.79 Å². The van der Waals surface area contributed by atoms with Gasteiger partial charge in [0.15, 0.2) is 0 Å². The first-order valence-electron chi connectivity index (χ1n) is 6.58. The molecule has 0 aromatic heterocycles. The molecule has 0 heterocycles. The Bertz CT molecular complexity index is 412. The van der Waals surface area contributed by atoms with Crippen molar-refractivity contribution in [1.82, 2.24) is 0 Å². The van der Waals surface area contributed by atoms with Gasteiger partial charge in [-0.3, -0.25) is 4.79 Å². The van der Waals surface area contributed by atoms with Crippen LogP contribution in [0, 0.1) is 5.41 Å². The fourth-order valence-corrected chi connectivity index (χ4v) is 2.56. The summed E-state index contributed by atoms with van der Waals surface area (Å²) in [6.45, 7) is 6.59. The first-order valence-corrected chi connectivity index (χ1v) is 6.58. The van der Waals surface area contributed by atoms with Crippen molar-refractivity contribution >= 4 is 5.78 Å². The standard InChI is InChI=1S/C16H22O/c1-16(2,3)11-10-15(17)14-9-8-12-6-4-5-7-13(12)14/h4-7,14H,8-11H2,1-3H3. The van der Waals surface area contributed by atoms with E-state index >= 15 is 0 Å². The molecule has 0 fully saturated rings. The van der Waals surface area contributed by atoms with Crippen LogP contribution in [0.15, 0.2) is 24.3 Å².